The standard InChI is InChI=1S/C19H19N5O3S/c1-12-7-9-13(10-8-12)21-19-23-16(22-18(20)24-19)11-27-17(25)14-5-3-4-6-15(14)28(2)26/h3-10H,11H2,1-2H3,(H3,20,21,22,23,24)/t28-/m1/s1. The molecule has 28 heavy (non-hydrogen) atoms. The highest BCUT2D eigenvalue weighted by Crippen LogP contribution is 2.16. The van der Waals surface area contributed by atoms with Gasteiger partial charge in [0, 0.05) is 11.9 Å². The SMILES string of the molecule is Cc1ccc(Nc2nc(N)nc(COC(=O)c3ccccc3[S@@](C)=O)n2)cc1. The van der Waals surface area contributed by atoms with Crippen LogP contribution >= 0.6 is 0 Å². The molecule has 3 N–H and O–H groups in total. The summed E-state index contributed by atoms with van der Waals surface area (Å²) in [6.45, 7) is 1.79. The monoisotopic (exact) mass is 397 g/mol. The summed E-state index contributed by atoms with van der Waals surface area (Å²) in [5.74, 6) is -0.161. The molecule has 1 aromatic heterocycles. The van der Waals surface area contributed by atoms with Gasteiger partial charge in [-0.3, -0.25) is 4.21 Å². The summed E-state index contributed by atoms with van der Waals surface area (Å²) in [6.07, 6.45) is 1.50. The molecule has 8 nitrogen and oxygen atoms in total. The number of hydrogen-bond acceptors (Lipinski definition) is 8. The van der Waals surface area contributed by atoms with Gasteiger partial charge in [0.1, 0.15) is 0 Å². The van der Waals surface area contributed by atoms with Crippen molar-refractivity contribution in [1.29, 1.82) is 0 Å². The first-order valence-corrected chi connectivity index (χ1v) is 9.92. The molecular formula is C19H19N5O3S. The van der Waals surface area contributed by atoms with Gasteiger partial charge in [0.05, 0.1) is 21.3 Å². The second-order valence-corrected chi connectivity index (χ2v) is 7.30. The summed E-state index contributed by atoms with van der Waals surface area (Å²) in [6, 6.07) is 14.2. The van der Waals surface area contributed by atoms with Gasteiger partial charge in [-0.25, -0.2) is 4.79 Å². The number of aromatic nitrogens is 3. The van der Waals surface area contributed by atoms with Crippen molar-refractivity contribution in [2.24, 2.45) is 0 Å². The summed E-state index contributed by atoms with van der Waals surface area (Å²) in [4.78, 5) is 25.0. The van der Waals surface area contributed by atoms with E-state index < -0.39 is 16.8 Å². The fourth-order valence-corrected chi connectivity index (χ4v) is 3.15. The van der Waals surface area contributed by atoms with Crippen LogP contribution in [0.3, 0.4) is 0 Å². The fraction of sp³-hybridized carbons (Fsp3) is 0.158. The van der Waals surface area contributed by atoms with Gasteiger partial charge in [0.15, 0.2) is 12.4 Å². The highest BCUT2D eigenvalue weighted by atomic mass is 32.2. The predicted molar refractivity (Wildman–Crippen MR) is 107 cm³/mol. The molecule has 144 valence electrons. The van der Waals surface area contributed by atoms with Gasteiger partial charge in [0.25, 0.3) is 0 Å². The van der Waals surface area contributed by atoms with Crippen LogP contribution in [-0.2, 0) is 22.1 Å². The number of hydrogen-bond donors (Lipinski definition) is 2. The van der Waals surface area contributed by atoms with Crippen LogP contribution < -0.4 is 11.1 Å². The number of benzene rings is 2. The number of aryl methyl sites for hydroxylation is 1. The molecule has 0 aliphatic heterocycles. The van der Waals surface area contributed by atoms with Crippen molar-refractivity contribution in [3.63, 3.8) is 0 Å². The molecule has 0 aliphatic rings. The summed E-state index contributed by atoms with van der Waals surface area (Å²) in [7, 11) is -1.31. The van der Waals surface area contributed by atoms with Gasteiger partial charge in [0.2, 0.25) is 11.9 Å². The third-order valence-electron chi connectivity index (χ3n) is 3.76. The molecule has 0 saturated carbocycles. The summed E-state index contributed by atoms with van der Waals surface area (Å²) < 4.78 is 17.0. The maximum Gasteiger partial charge on any atom is 0.339 e. The van der Waals surface area contributed by atoms with Crippen molar-refractivity contribution in [1.82, 2.24) is 15.0 Å². The third kappa shape index (κ3) is 4.89. The van der Waals surface area contributed by atoms with Crippen LogP contribution in [0.4, 0.5) is 17.6 Å². The zero-order valence-electron chi connectivity index (χ0n) is 15.4. The van der Waals surface area contributed by atoms with E-state index in [1.807, 2.05) is 31.2 Å². The molecule has 3 aromatic rings. The molecule has 0 spiro atoms. The maximum absolute atomic E-state index is 12.4. The number of nitrogens with two attached hydrogens (primary N) is 1. The average Bonchev–Trinajstić information content (AvgIpc) is 2.67. The average molecular weight is 397 g/mol. The zero-order valence-corrected chi connectivity index (χ0v) is 16.2. The minimum Gasteiger partial charge on any atom is -0.454 e. The van der Waals surface area contributed by atoms with Gasteiger partial charge in [-0.05, 0) is 31.2 Å². The van der Waals surface area contributed by atoms with Crippen LogP contribution in [0.5, 0.6) is 0 Å². The second-order valence-electron chi connectivity index (χ2n) is 5.95. The molecule has 9 heteroatoms. The third-order valence-corrected chi connectivity index (χ3v) is 4.73. The first kappa shape index (κ1) is 19.4. The Bertz CT molecular complexity index is 1020. The van der Waals surface area contributed by atoms with Crippen molar-refractivity contribution in [2.75, 3.05) is 17.3 Å². The minimum absolute atomic E-state index is 0.00530. The lowest BCUT2D eigenvalue weighted by Gasteiger charge is -2.09. The van der Waals surface area contributed by atoms with E-state index >= 15 is 0 Å². The summed E-state index contributed by atoms with van der Waals surface area (Å²) >= 11 is 0. The Balaban J connectivity index is 1.72. The van der Waals surface area contributed by atoms with E-state index in [1.54, 1.807) is 24.3 Å². The Morgan fingerprint density at radius 1 is 1.11 bits per heavy atom. The topological polar surface area (TPSA) is 120 Å². The van der Waals surface area contributed by atoms with Crippen LogP contribution in [0.15, 0.2) is 53.4 Å². The first-order valence-electron chi connectivity index (χ1n) is 8.36. The van der Waals surface area contributed by atoms with E-state index in [-0.39, 0.29) is 29.9 Å². The Hall–Kier alpha value is -3.33. The number of nitrogens with one attached hydrogen (secondary N) is 1. The highest BCUT2D eigenvalue weighted by Gasteiger charge is 2.16. The van der Waals surface area contributed by atoms with E-state index in [2.05, 4.69) is 20.3 Å². The Labute approximate surface area is 164 Å². The molecule has 0 fully saturated rings. The van der Waals surface area contributed by atoms with E-state index in [9.17, 15) is 9.00 Å². The molecular weight excluding hydrogens is 378 g/mol. The molecule has 3 rings (SSSR count). The van der Waals surface area contributed by atoms with Crippen molar-refractivity contribution in [3.05, 3.63) is 65.5 Å². The summed E-state index contributed by atoms with van der Waals surface area (Å²) in [5, 5.41) is 3.03. The van der Waals surface area contributed by atoms with Crippen LogP contribution in [0.1, 0.15) is 21.7 Å². The van der Waals surface area contributed by atoms with Gasteiger partial charge >= 0.3 is 5.97 Å². The minimum atomic E-state index is -1.31. The Morgan fingerprint density at radius 3 is 2.54 bits per heavy atom. The van der Waals surface area contributed by atoms with Crippen LogP contribution in [0.2, 0.25) is 0 Å². The fourth-order valence-electron chi connectivity index (χ4n) is 2.42. The molecule has 0 saturated heterocycles. The normalized spacial score (nSPS) is 11.6. The molecule has 0 bridgehead atoms. The van der Waals surface area contributed by atoms with Crippen LogP contribution in [0, 0.1) is 6.92 Å². The lowest BCUT2D eigenvalue weighted by molar-refractivity contribution is 0.0458. The molecule has 1 atom stereocenters. The van der Waals surface area contributed by atoms with Crippen LogP contribution in [0.25, 0.3) is 0 Å². The quantitative estimate of drug-likeness (QED) is 0.609. The van der Waals surface area contributed by atoms with Gasteiger partial charge in [-0.15, -0.1) is 0 Å². The number of ether oxygens (including phenoxy) is 1. The number of esters is 1. The van der Waals surface area contributed by atoms with Gasteiger partial charge < -0.3 is 15.8 Å². The summed E-state index contributed by atoms with van der Waals surface area (Å²) in [5.41, 5.74) is 7.89. The van der Waals surface area contributed by atoms with E-state index in [0.29, 0.717) is 4.90 Å². The van der Waals surface area contributed by atoms with Crippen molar-refractivity contribution in [2.45, 2.75) is 18.4 Å². The Kier molecular flexibility index (Phi) is 5.95. The maximum atomic E-state index is 12.4. The van der Waals surface area contributed by atoms with Crippen molar-refractivity contribution in [3.8, 4) is 0 Å². The predicted octanol–water partition coefficient (Wildman–Crippen LogP) is 2.60. The van der Waals surface area contributed by atoms with E-state index in [4.69, 9.17) is 10.5 Å². The lowest BCUT2D eigenvalue weighted by Crippen LogP contribution is -2.12. The van der Waals surface area contributed by atoms with Crippen molar-refractivity contribution < 1.29 is 13.7 Å². The van der Waals surface area contributed by atoms with Crippen molar-refractivity contribution >= 4 is 34.4 Å². The molecule has 2 aromatic carbocycles. The molecule has 0 unspecified atom stereocenters. The largest absolute Gasteiger partial charge is 0.454 e. The highest BCUT2D eigenvalue weighted by molar-refractivity contribution is 7.84. The molecule has 1 heterocycles. The smallest absolute Gasteiger partial charge is 0.339 e. The van der Waals surface area contributed by atoms with E-state index in [1.165, 1.54) is 6.26 Å². The Morgan fingerprint density at radius 2 is 1.82 bits per heavy atom. The number of rotatable bonds is 6. The van der Waals surface area contributed by atoms with Gasteiger partial charge in [-0.2, -0.15) is 15.0 Å². The molecule has 0 radical (unpaired) electrons. The van der Waals surface area contributed by atoms with Gasteiger partial charge in [-0.1, -0.05) is 29.8 Å². The molecule has 0 amide bonds. The second kappa shape index (κ2) is 8.57. The molecule has 0 aliphatic carbocycles. The number of nitrogen functional groups attached to an aromatic ring is 1. The number of carbonyl (C=O) groups is 1. The van der Waals surface area contributed by atoms with E-state index in [0.717, 1.165) is 11.3 Å². The first-order chi connectivity index (χ1) is 13.4. The number of anilines is 3. The number of carbonyl (C=O) groups excluding carboxylic acids is 1. The van der Waals surface area contributed by atoms with Crippen LogP contribution in [-0.4, -0.2) is 31.4 Å². The number of nitrogens with zero attached hydrogens (tertiary/aromatic N) is 3. The lowest BCUT2D eigenvalue weighted by atomic mass is 10.2. The zero-order chi connectivity index (χ0) is 20.1.